The van der Waals surface area contributed by atoms with E-state index in [1.165, 1.54) is 6.42 Å². The van der Waals surface area contributed by atoms with E-state index in [0.717, 1.165) is 45.7 Å². The molecule has 1 N–H and O–H groups in total. The predicted molar refractivity (Wildman–Crippen MR) is 79.8 cm³/mol. The molecule has 2 rings (SSSR count). The summed E-state index contributed by atoms with van der Waals surface area (Å²) in [6, 6.07) is 0. The Kier molecular flexibility index (Phi) is 5.11. The van der Waals surface area contributed by atoms with Crippen LogP contribution in [-0.4, -0.2) is 63.2 Å². The Bertz CT molecular complexity index is 313. The Morgan fingerprint density at radius 3 is 2.15 bits per heavy atom. The van der Waals surface area contributed by atoms with Crippen LogP contribution in [0.5, 0.6) is 0 Å². The standard InChI is InChI=1S/C16H31NO3/c1-15(2)13-5-6-16(15,14(18)11-13)12-17(7-9-19-3)8-10-20-4/h13-14,18H,5-12H2,1-4H3/t13-,14-,16-/m1/s1. The molecule has 0 spiro atoms. The van der Waals surface area contributed by atoms with E-state index in [9.17, 15) is 5.11 Å². The van der Waals surface area contributed by atoms with Crippen molar-refractivity contribution in [3.8, 4) is 0 Å². The minimum Gasteiger partial charge on any atom is -0.392 e. The SMILES string of the molecule is COCCN(CCOC)C[C@]12CC[C@H](C[C@H]1O)C2(C)C. The van der Waals surface area contributed by atoms with Gasteiger partial charge in [-0.1, -0.05) is 13.8 Å². The Morgan fingerprint density at radius 2 is 1.75 bits per heavy atom. The molecule has 2 aliphatic rings. The number of aliphatic hydroxyl groups excluding tert-OH is 1. The number of rotatable bonds is 8. The molecule has 118 valence electrons. The average molecular weight is 285 g/mol. The highest BCUT2D eigenvalue weighted by molar-refractivity contribution is 5.13. The van der Waals surface area contributed by atoms with Crippen molar-refractivity contribution in [3.05, 3.63) is 0 Å². The van der Waals surface area contributed by atoms with Crippen molar-refractivity contribution < 1.29 is 14.6 Å². The zero-order valence-corrected chi connectivity index (χ0v) is 13.5. The summed E-state index contributed by atoms with van der Waals surface area (Å²) in [5, 5.41) is 10.6. The van der Waals surface area contributed by atoms with E-state index >= 15 is 0 Å². The molecule has 0 unspecified atom stereocenters. The fourth-order valence-electron chi connectivity index (χ4n) is 4.52. The predicted octanol–water partition coefficient (Wildman–Crippen LogP) is 1.77. The number of ether oxygens (including phenoxy) is 2. The van der Waals surface area contributed by atoms with Crippen LogP contribution in [0.25, 0.3) is 0 Å². The number of nitrogens with zero attached hydrogens (tertiary/aromatic N) is 1. The van der Waals surface area contributed by atoms with Gasteiger partial charge in [-0.15, -0.1) is 0 Å². The van der Waals surface area contributed by atoms with Gasteiger partial charge < -0.3 is 14.6 Å². The molecule has 0 saturated heterocycles. The lowest BCUT2D eigenvalue weighted by Crippen LogP contribution is -2.49. The maximum Gasteiger partial charge on any atom is 0.0616 e. The summed E-state index contributed by atoms with van der Waals surface area (Å²) in [7, 11) is 3.49. The second kappa shape index (κ2) is 6.30. The molecule has 0 aromatic carbocycles. The average Bonchev–Trinajstić information content (AvgIpc) is 2.76. The maximum atomic E-state index is 10.6. The van der Waals surface area contributed by atoms with Crippen LogP contribution in [-0.2, 0) is 9.47 Å². The molecule has 20 heavy (non-hydrogen) atoms. The van der Waals surface area contributed by atoms with Crippen LogP contribution in [0.4, 0.5) is 0 Å². The van der Waals surface area contributed by atoms with Gasteiger partial charge in [-0.25, -0.2) is 0 Å². The second-order valence-corrected chi connectivity index (χ2v) is 7.13. The molecule has 0 amide bonds. The fourth-order valence-corrected chi connectivity index (χ4v) is 4.52. The molecule has 0 radical (unpaired) electrons. The quantitative estimate of drug-likeness (QED) is 0.738. The third-order valence-corrected chi connectivity index (χ3v) is 6.12. The molecule has 2 aliphatic carbocycles. The van der Waals surface area contributed by atoms with Crippen molar-refractivity contribution in [1.29, 1.82) is 0 Å². The number of hydrogen-bond acceptors (Lipinski definition) is 4. The minimum absolute atomic E-state index is 0.0547. The maximum absolute atomic E-state index is 10.6. The Labute approximate surface area is 123 Å². The lowest BCUT2D eigenvalue weighted by Gasteiger charge is -2.44. The van der Waals surface area contributed by atoms with Crippen LogP contribution >= 0.6 is 0 Å². The highest BCUT2D eigenvalue weighted by atomic mass is 16.5. The largest absolute Gasteiger partial charge is 0.392 e. The van der Waals surface area contributed by atoms with Gasteiger partial charge in [-0.2, -0.15) is 0 Å². The molecule has 2 bridgehead atoms. The highest BCUT2D eigenvalue weighted by Gasteiger charge is 2.63. The zero-order chi connectivity index (χ0) is 14.8. The van der Waals surface area contributed by atoms with Crippen molar-refractivity contribution in [3.63, 3.8) is 0 Å². The van der Waals surface area contributed by atoms with Crippen molar-refractivity contribution in [2.45, 2.75) is 39.2 Å². The van der Waals surface area contributed by atoms with Crippen molar-refractivity contribution in [2.75, 3.05) is 47.1 Å². The number of methoxy groups -OCH3 is 2. The monoisotopic (exact) mass is 285 g/mol. The molecular formula is C16H31NO3. The first-order valence-electron chi connectivity index (χ1n) is 7.86. The molecule has 0 aromatic rings. The Morgan fingerprint density at radius 1 is 1.15 bits per heavy atom. The van der Waals surface area contributed by atoms with Crippen molar-refractivity contribution in [1.82, 2.24) is 4.90 Å². The van der Waals surface area contributed by atoms with Crippen LogP contribution in [0.15, 0.2) is 0 Å². The van der Waals surface area contributed by atoms with E-state index in [-0.39, 0.29) is 16.9 Å². The highest BCUT2D eigenvalue weighted by Crippen LogP contribution is 2.65. The smallest absolute Gasteiger partial charge is 0.0616 e. The Hall–Kier alpha value is -0.160. The van der Waals surface area contributed by atoms with Crippen LogP contribution < -0.4 is 0 Å². The van der Waals surface area contributed by atoms with Gasteiger partial charge >= 0.3 is 0 Å². The van der Waals surface area contributed by atoms with Gasteiger partial charge in [0.05, 0.1) is 19.3 Å². The summed E-state index contributed by atoms with van der Waals surface area (Å²) in [6.45, 7) is 8.96. The van der Waals surface area contributed by atoms with E-state index in [2.05, 4.69) is 18.7 Å². The Balaban J connectivity index is 2.07. The number of hydrogen-bond donors (Lipinski definition) is 1. The minimum atomic E-state index is -0.149. The van der Waals surface area contributed by atoms with Gasteiger partial charge in [-0.05, 0) is 30.6 Å². The summed E-state index contributed by atoms with van der Waals surface area (Å²) >= 11 is 0. The van der Waals surface area contributed by atoms with Crippen molar-refractivity contribution in [2.24, 2.45) is 16.7 Å². The molecule has 2 fully saturated rings. The summed E-state index contributed by atoms with van der Waals surface area (Å²) in [4.78, 5) is 2.41. The molecule has 3 atom stereocenters. The molecule has 4 nitrogen and oxygen atoms in total. The van der Waals surface area contributed by atoms with E-state index in [0.29, 0.717) is 5.92 Å². The third kappa shape index (κ3) is 2.63. The number of aliphatic hydroxyl groups is 1. The molecule has 2 saturated carbocycles. The lowest BCUT2D eigenvalue weighted by atomic mass is 9.68. The third-order valence-electron chi connectivity index (χ3n) is 6.12. The van der Waals surface area contributed by atoms with Crippen LogP contribution in [0.1, 0.15) is 33.1 Å². The summed E-state index contributed by atoms with van der Waals surface area (Å²) < 4.78 is 10.5. The van der Waals surface area contributed by atoms with Crippen LogP contribution in [0.3, 0.4) is 0 Å². The zero-order valence-electron chi connectivity index (χ0n) is 13.5. The topological polar surface area (TPSA) is 41.9 Å². The van der Waals surface area contributed by atoms with E-state index < -0.39 is 0 Å². The second-order valence-electron chi connectivity index (χ2n) is 7.13. The van der Waals surface area contributed by atoms with Gasteiger partial charge in [0.25, 0.3) is 0 Å². The summed E-state index contributed by atoms with van der Waals surface area (Å²) in [5.41, 5.74) is 0.296. The van der Waals surface area contributed by atoms with Gasteiger partial charge in [0.2, 0.25) is 0 Å². The number of fused-ring (bicyclic) bond motifs is 2. The van der Waals surface area contributed by atoms with Crippen LogP contribution in [0, 0.1) is 16.7 Å². The first kappa shape index (κ1) is 16.2. The van der Waals surface area contributed by atoms with Gasteiger partial charge in [0, 0.05) is 39.3 Å². The lowest BCUT2D eigenvalue weighted by molar-refractivity contribution is -0.0372. The van der Waals surface area contributed by atoms with Gasteiger partial charge in [0.15, 0.2) is 0 Å². The molecule has 4 heteroatoms. The molecule has 0 heterocycles. The van der Waals surface area contributed by atoms with Gasteiger partial charge in [0.1, 0.15) is 0 Å². The van der Waals surface area contributed by atoms with Crippen LogP contribution in [0.2, 0.25) is 0 Å². The van der Waals surface area contributed by atoms with E-state index in [4.69, 9.17) is 9.47 Å². The first-order valence-corrected chi connectivity index (χ1v) is 7.86. The first-order chi connectivity index (χ1) is 9.48. The molecule has 0 aromatic heterocycles. The van der Waals surface area contributed by atoms with Gasteiger partial charge in [-0.3, -0.25) is 4.90 Å². The van der Waals surface area contributed by atoms with E-state index in [1.54, 1.807) is 14.2 Å². The molecule has 0 aliphatic heterocycles. The fraction of sp³-hybridized carbons (Fsp3) is 1.00. The molecular weight excluding hydrogens is 254 g/mol. The van der Waals surface area contributed by atoms with Crippen molar-refractivity contribution >= 4 is 0 Å². The van der Waals surface area contributed by atoms with E-state index in [1.807, 2.05) is 0 Å². The summed E-state index contributed by atoms with van der Waals surface area (Å²) in [5.74, 6) is 0.684. The summed E-state index contributed by atoms with van der Waals surface area (Å²) in [6.07, 6.45) is 3.26. The normalized spacial score (nSPS) is 35.1.